The SMILES string of the molecule is C=C.C=CCc1ccccc1Oc1ccccc1CC=C.O=S(=O)(O)O.[NaH]. The molecule has 0 amide bonds. The molecule has 2 aromatic carbocycles. The van der Waals surface area contributed by atoms with E-state index < -0.39 is 10.4 Å². The van der Waals surface area contributed by atoms with Crippen molar-refractivity contribution in [3.8, 4) is 11.5 Å². The summed E-state index contributed by atoms with van der Waals surface area (Å²) in [6.45, 7) is 13.6. The summed E-state index contributed by atoms with van der Waals surface area (Å²) < 4.78 is 37.6. The molecular formula is C20H25NaO5S. The molecule has 2 aromatic rings. The molecule has 0 saturated heterocycles. The van der Waals surface area contributed by atoms with Crippen molar-refractivity contribution in [1.29, 1.82) is 0 Å². The molecule has 7 heteroatoms. The normalized spacial score (nSPS) is 9.26. The van der Waals surface area contributed by atoms with Crippen LogP contribution in [-0.4, -0.2) is 47.1 Å². The summed E-state index contributed by atoms with van der Waals surface area (Å²) in [4.78, 5) is 0. The van der Waals surface area contributed by atoms with E-state index in [9.17, 15) is 0 Å². The first-order chi connectivity index (χ1) is 12.3. The van der Waals surface area contributed by atoms with Crippen LogP contribution in [-0.2, 0) is 23.2 Å². The molecular weight excluding hydrogens is 375 g/mol. The standard InChI is InChI=1S/C18H18O.C2H4.Na.H2O4S.H/c1-3-9-15-11-5-7-13-17(15)19-18-14-8-6-12-16(18)10-4-2;1-2;;1-5(2,3)4;/h3-8,11-14H,1-2,9-10H2;1-2H2;;(H2,1,2,3,4);. The molecule has 0 heterocycles. The number of para-hydroxylation sites is 2. The van der Waals surface area contributed by atoms with Crippen LogP contribution in [0.5, 0.6) is 11.5 Å². The van der Waals surface area contributed by atoms with Gasteiger partial charge in [0.1, 0.15) is 11.5 Å². The average Bonchev–Trinajstić information content (AvgIpc) is 2.59. The van der Waals surface area contributed by atoms with Gasteiger partial charge < -0.3 is 4.74 Å². The Bertz CT molecular complexity index is 744. The van der Waals surface area contributed by atoms with Crippen LogP contribution in [0.4, 0.5) is 0 Å². The molecule has 0 radical (unpaired) electrons. The number of allylic oxidation sites excluding steroid dienone is 2. The predicted molar refractivity (Wildman–Crippen MR) is 113 cm³/mol. The summed E-state index contributed by atoms with van der Waals surface area (Å²) in [6.07, 6.45) is 5.38. The van der Waals surface area contributed by atoms with Gasteiger partial charge in [0.25, 0.3) is 0 Å². The van der Waals surface area contributed by atoms with Crippen LogP contribution in [0.15, 0.2) is 87.0 Å². The first-order valence-corrected chi connectivity index (χ1v) is 9.00. The quantitative estimate of drug-likeness (QED) is 0.426. The minimum atomic E-state index is -4.67. The Labute approximate surface area is 184 Å². The molecule has 2 N–H and O–H groups in total. The summed E-state index contributed by atoms with van der Waals surface area (Å²) in [7, 11) is -4.67. The van der Waals surface area contributed by atoms with Crippen molar-refractivity contribution >= 4 is 40.0 Å². The van der Waals surface area contributed by atoms with Crippen LogP contribution in [0.3, 0.4) is 0 Å². The number of rotatable bonds is 6. The van der Waals surface area contributed by atoms with Gasteiger partial charge in [0.15, 0.2) is 0 Å². The summed E-state index contributed by atoms with van der Waals surface area (Å²) in [5, 5.41) is 0. The molecule has 0 unspecified atom stereocenters. The molecule has 142 valence electrons. The molecule has 27 heavy (non-hydrogen) atoms. The second kappa shape index (κ2) is 15.4. The van der Waals surface area contributed by atoms with Crippen molar-refractivity contribution in [2.24, 2.45) is 0 Å². The zero-order chi connectivity index (χ0) is 20.0. The third-order valence-electron chi connectivity index (χ3n) is 2.89. The maximum atomic E-state index is 8.74. The van der Waals surface area contributed by atoms with Crippen LogP contribution in [0.1, 0.15) is 11.1 Å². The van der Waals surface area contributed by atoms with Gasteiger partial charge in [-0.15, -0.1) is 26.3 Å². The van der Waals surface area contributed by atoms with Crippen molar-refractivity contribution < 1.29 is 22.3 Å². The summed E-state index contributed by atoms with van der Waals surface area (Å²) in [5.74, 6) is 1.78. The Balaban J connectivity index is 0. The fraction of sp³-hybridized carbons (Fsp3) is 0.100. The molecule has 0 spiro atoms. The average molecular weight is 400 g/mol. The van der Waals surface area contributed by atoms with Gasteiger partial charge in [-0.25, -0.2) is 0 Å². The van der Waals surface area contributed by atoms with E-state index in [0.29, 0.717) is 0 Å². The number of ether oxygens (including phenoxy) is 1. The van der Waals surface area contributed by atoms with Crippen molar-refractivity contribution in [1.82, 2.24) is 0 Å². The van der Waals surface area contributed by atoms with Crippen molar-refractivity contribution in [3.63, 3.8) is 0 Å². The fourth-order valence-corrected chi connectivity index (χ4v) is 1.97. The van der Waals surface area contributed by atoms with Crippen LogP contribution in [0.25, 0.3) is 0 Å². The Morgan fingerprint density at radius 3 is 1.41 bits per heavy atom. The molecule has 0 aliphatic heterocycles. The van der Waals surface area contributed by atoms with Crippen LogP contribution in [0, 0.1) is 0 Å². The second-order valence-electron chi connectivity index (χ2n) is 4.75. The van der Waals surface area contributed by atoms with E-state index in [1.54, 1.807) is 0 Å². The first-order valence-electron chi connectivity index (χ1n) is 7.60. The molecule has 5 nitrogen and oxygen atoms in total. The zero-order valence-corrected chi connectivity index (χ0v) is 15.4. The molecule has 0 aliphatic rings. The van der Waals surface area contributed by atoms with Gasteiger partial charge in [0.05, 0.1) is 0 Å². The Hall–Kier alpha value is -1.67. The van der Waals surface area contributed by atoms with E-state index in [4.69, 9.17) is 22.3 Å². The fourth-order valence-electron chi connectivity index (χ4n) is 1.97. The van der Waals surface area contributed by atoms with E-state index in [1.165, 1.54) is 0 Å². The van der Waals surface area contributed by atoms with Gasteiger partial charge >= 0.3 is 40.0 Å². The first kappa shape index (κ1) is 27.5. The molecule has 0 aliphatic carbocycles. The van der Waals surface area contributed by atoms with E-state index in [1.807, 2.05) is 48.6 Å². The van der Waals surface area contributed by atoms with Gasteiger partial charge in [-0.05, 0) is 36.1 Å². The van der Waals surface area contributed by atoms with Gasteiger partial charge in [-0.3, -0.25) is 9.11 Å². The van der Waals surface area contributed by atoms with Crippen LogP contribution >= 0.6 is 0 Å². The van der Waals surface area contributed by atoms with Crippen molar-refractivity contribution in [3.05, 3.63) is 98.1 Å². The van der Waals surface area contributed by atoms with Crippen LogP contribution in [0.2, 0.25) is 0 Å². The third-order valence-corrected chi connectivity index (χ3v) is 2.89. The Kier molecular flexibility index (Phi) is 15.7. The maximum absolute atomic E-state index is 8.74. The van der Waals surface area contributed by atoms with E-state index in [-0.39, 0.29) is 29.6 Å². The summed E-state index contributed by atoms with van der Waals surface area (Å²) in [5.41, 5.74) is 2.29. The van der Waals surface area contributed by atoms with Crippen LogP contribution < -0.4 is 4.74 Å². The van der Waals surface area contributed by atoms with Gasteiger partial charge in [-0.1, -0.05) is 48.6 Å². The molecule has 2 rings (SSSR count). The summed E-state index contributed by atoms with van der Waals surface area (Å²) >= 11 is 0. The second-order valence-corrected chi connectivity index (χ2v) is 5.65. The monoisotopic (exact) mass is 400 g/mol. The van der Waals surface area contributed by atoms with E-state index in [0.717, 1.165) is 35.5 Å². The Morgan fingerprint density at radius 1 is 0.815 bits per heavy atom. The molecule has 0 bridgehead atoms. The van der Waals surface area contributed by atoms with Gasteiger partial charge in [0.2, 0.25) is 0 Å². The van der Waals surface area contributed by atoms with E-state index >= 15 is 0 Å². The van der Waals surface area contributed by atoms with Crippen molar-refractivity contribution in [2.75, 3.05) is 0 Å². The Morgan fingerprint density at radius 2 is 1.11 bits per heavy atom. The topological polar surface area (TPSA) is 83.8 Å². The van der Waals surface area contributed by atoms with E-state index in [2.05, 4.69) is 38.4 Å². The minimum absolute atomic E-state index is 0. The number of hydrogen-bond acceptors (Lipinski definition) is 3. The van der Waals surface area contributed by atoms with Crippen molar-refractivity contribution in [2.45, 2.75) is 12.8 Å². The molecule has 0 atom stereocenters. The third kappa shape index (κ3) is 13.2. The van der Waals surface area contributed by atoms with Gasteiger partial charge in [-0.2, -0.15) is 8.42 Å². The van der Waals surface area contributed by atoms with Gasteiger partial charge in [0, 0.05) is 0 Å². The molecule has 0 fully saturated rings. The summed E-state index contributed by atoms with van der Waals surface area (Å²) in [6, 6.07) is 16.1. The zero-order valence-electron chi connectivity index (χ0n) is 14.5. The molecule has 0 saturated carbocycles. The predicted octanol–water partition coefficient (Wildman–Crippen LogP) is 4.44. The number of hydrogen-bond donors (Lipinski definition) is 2. The molecule has 0 aromatic heterocycles. The number of benzene rings is 2.